The number of anilines is 1. The number of hydrogen-bond acceptors (Lipinski definition) is 4. The van der Waals surface area contributed by atoms with Gasteiger partial charge in [0.15, 0.2) is 5.96 Å². The fourth-order valence-electron chi connectivity index (χ4n) is 5.70. The van der Waals surface area contributed by atoms with Crippen molar-refractivity contribution in [2.75, 3.05) is 25.0 Å². The first-order chi connectivity index (χ1) is 18.8. The van der Waals surface area contributed by atoms with Gasteiger partial charge >= 0.3 is 0 Å². The summed E-state index contributed by atoms with van der Waals surface area (Å²) in [7, 11) is 0. The second kappa shape index (κ2) is 12.3. The van der Waals surface area contributed by atoms with Crippen molar-refractivity contribution < 1.29 is 0 Å². The fourth-order valence-corrected chi connectivity index (χ4v) is 6.20. The molecule has 4 atom stereocenters. The molecule has 1 saturated carbocycles. The number of piperazine rings is 1. The van der Waals surface area contributed by atoms with Gasteiger partial charge in [-0.05, 0) is 67.5 Å². The molecule has 2 aromatic carbocycles. The third-order valence-electron chi connectivity index (χ3n) is 8.34. The van der Waals surface area contributed by atoms with E-state index in [1.807, 2.05) is 30.3 Å². The molecular formula is C30H38Cl2N6O. The number of aliphatic imine (C=N–C) groups is 1. The van der Waals surface area contributed by atoms with Crippen LogP contribution in [0.25, 0.3) is 10.9 Å². The lowest BCUT2D eigenvalue weighted by molar-refractivity contribution is 0.237. The Labute approximate surface area is 240 Å². The lowest BCUT2D eigenvalue weighted by Crippen LogP contribution is -2.53. The van der Waals surface area contributed by atoms with Crippen molar-refractivity contribution in [1.82, 2.24) is 19.8 Å². The van der Waals surface area contributed by atoms with Gasteiger partial charge in [0.05, 0.1) is 23.3 Å². The van der Waals surface area contributed by atoms with Gasteiger partial charge in [-0.3, -0.25) is 9.36 Å². The number of nitrogens with one attached hydrogen (secondary N) is 2. The van der Waals surface area contributed by atoms with Crippen LogP contribution in [-0.2, 0) is 13.0 Å². The number of aryl methyl sites for hydroxylation is 2. The predicted octanol–water partition coefficient (Wildman–Crippen LogP) is 5.83. The molecule has 0 spiro atoms. The molecule has 1 aromatic heterocycles. The highest BCUT2D eigenvalue weighted by atomic mass is 35.5. The molecule has 2 aliphatic rings. The number of guanidine groups is 1. The van der Waals surface area contributed by atoms with E-state index in [1.165, 1.54) is 12.8 Å². The third kappa shape index (κ3) is 6.59. The van der Waals surface area contributed by atoms with E-state index in [2.05, 4.69) is 41.3 Å². The summed E-state index contributed by atoms with van der Waals surface area (Å²) in [5, 5.41) is 8.93. The zero-order chi connectivity index (χ0) is 27.5. The standard InChI is InChI=1S/C30H38Cl2N6O/c1-19-5-4-6-27(21(19)3)36-30(37-14-12-33-20(2)17-37)35-24-9-10-25-28(16-24)34-18-38(29(25)39)13-11-22-7-8-23(31)15-26(22)32/h7-10,15-16,18-21,27,33H,4-6,11-14,17H2,1-3H3,(H,35,36)/t19?,20-,21?,27?/m1/s1. The van der Waals surface area contributed by atoms with Gasteiger partial charge < -0.3 is 15.5 Å². The van der Waals surface area contributed by atoms with Crippen LogP contribution in [0.4, 0.5) is 5.69 Å². The maximum Gasteiger partial charge on any atom is 0.261 e. The molecule has 0 radical (unpaired) electrons. The Morgan fingerprint density at radius 1 is 1.15 bits per heavy atom. The third-order valence-corrected chi connectivity index (χ3v) is 8.93. The van der Waals surface area contributed by atoms with Crippen molar-refractivity contribution in [3.8, 4) is 0 Å². The quantitative estimate of drug-likeness (QED) is 0.299. The smallest absolute Gasteiger partial charge is 0.261 e. The van der Waals surface area contributed by atoms with Gasteiger partial charge in [-0.15, -0.1) is 0 Å². The van der Waals surface area contributed by atoms with E-state index < -0.39 is 0 Å². The van der Waals surface area contributed by atoms with Gasteiger partial charge in [-0.25, -0.2) is 9.98 Å². The first-order valence-electron chi connectivity index (χ1n) is 14.0. The van der Waals surface area contributed by atoms with Crippen LogP contribution in [0, 0.1) is 11.8 Å². The van der Waals surface area contributed by atoms with E-state index >= 15 is 0 Å². The minimum Gasteiger partial charge on any atom is -0.340 e. The summed E-state index contributed by atoms with van der Waals surface area (Å²) >= 11 is 12.3. The molecule has 0 amide bonds. The summed E-state index contributed by atoms with van der Waals surface area (Å²) in [4.78, 5) is 25.5. The Bertz CT molecular complexity index is 1410. The number of benzene rings is 2. The van der Waals surface area contributed by atoms with Crippen molar-refractivity contribution in [1.29, 1.82) is 0 Å². The first-order valence-corrected chi connectivity index (χ1v) is 14.8. The average Bonchev–Trinajstić information content (AvgIpc) is 2.91. The number of rotatable bonds is 5. The fraction of sp³-hybridized carbons (Fsp3) is 0.500. The lowest BCUT2D eigenvalue weighted by atomic mass is 9.78. The van der Waals surface area contributed by atoms with Crippen molar-refractivity contribution in [2.24, 2.45) is 16.8 Å². The van der Waals surface area contributed by atoms with E-state index in [9.17, 15) is 4.79 Å². The molecule has 1 aliphatic carbocycles. The molecule has 39 heavy (non-hydrogen) atoms. The highest BCUT2D eigenvalue weighted by Gasteiger charge is 2.29. The Hall–Kier alpha value is -2.61. The van der Waals surface area contributed by atoms with E-state index in [-0.39, 0.29) is 5.56 Å². The maximum atomic E-state index is 13.2. The summed E-state index contributed by atoms with van der Waals surface area (Å²) in [5.41, 5.74) is 2.44. The summed E-state index contributed by atoms with van der Waals surface area (Å²) < 4.78 is 1.64. The van der Waals surface area contributed by atoms with Gasteiger partial charge in [0.25, 0.3) is 5.56 Å². The monoisotopic (exact) mass is 568 g/mol. The largest absolute Gasteiger partial charge is 0.340 e. The van der Waals surface area contributed by atoms with Crippen LogP contribution in [0.5, 0.6) is 0 Å². The summed E-state index contributed by atoms with van der Waals surface area (Å²) in [5.74, 6) is 2.15. The van der Waals surface area contributed by atoms with Crippen LogP contribution in [0.2, 0.25) is 10.0 Å². The van der Waals surface area contributed by atoms with Crippen molar-refractivity contribution in [3.63, 3.8) is 0 Å². The normalized spacial score (nSPS) is 24.2. The van der Waals surface area contributed by atoms with Crippen LogP contribution in [0.1, 0.15) is 45.6 Å². The Morgan fingerprint density at radius 3 is 2.79 bits per heavy atom. The number of nitrogens with zero attached hydrogens (tertiary/aromatic N) is 4. The molecular weight excluding hydrogens is 531 g/mol. The topological polar surface area (TPSA) is 74.5 Å². The molecule has 2 N–H and O–H groups in total. The molecule has 7 nitrogen and oxygen atoms in total. The Balaban J connectivity index is 1.38. The van der Waals surface area contributed by atoms with Crippen LogP contribution in [0.15, 0.2) is 52.5 Å². The van der Waals surface area contributed by atoms with Crippen molar-refractivity contribution in [3.05, 3.63) is 68.7 Å². The lowest BCUT2D eigenvalue weighted by Gasteiger charge is -2.37. The maximum absolute atomic E-state index is 13.2. The van der Waals surface area contributed by atoms with Crippen molar-refractivity contribution in [2.45, 2.75) is 65.1 Å². The van der Waals surface area contributed by atoms with Gasteiger partial charge in [-0.2, -0.15) is 0 Å². The first kappa shape index (κ1) is 27.9. The molecule has 0 bridgehead atoms. The molecule has 3 unspecified atom stereocenters. The van der Waals surface area contributed by atoms with Gasteiger partial charge in [0, 0.05) is 48.0 Å². The molecule has 1 saturated heterocycles. The summed E-state index contributed by atoms with van der Waals surface area (Å²) in [6.45, 7) is 10.1. The molecule has 208 valence electrons. The van der Waals surface area contributed by atoms with Gasteiger partial charge in [-0.1, -0.05) is 56.0 Å². The van der Waals surface area contributed by atoms with E-state index in [4.69, 9.17) is 28.2 Å². The molecule has 3 aromatic rings. The number of hydrogen-bond donors (Lipinski definition) is 2. The molecule has 2 fully saturated rings. The molecule has 1 aliphatic heterocycles. The zero-order valence-corrected chi connectivity index (χ0v) is 24.5. The highest BCUT2D eigenvalue weighted by molar-refractivity contribution is 6.35. The van der Waals surface area contributed by atoms with Crippen molar-refractivity contribution >= 4 is 45.8 Å². The van der Waals surface area contributed by atoms with Crippen LogP contribution in [-0.4, -0.2) is 52.1 Å². The van der Waals surface area contributed by atoms with Crippen LogP contribution in [0.3, 0.4) is 0 Å². The Morgan fingerprint density at radius 2 is 2.00 bits per heavy atom. The average molecular weight is 570 g/mol. The highest BCUT2D eigenvalue weighted by Crippen LogP contribution is 2.32. The predicted molar refractivity (Wildman–Crippen MR) is 162 cm³/mol. The number of fused-ring (bicyclic) bond motifs is 1. The second-order valence-electron chi connectivity index (χ2n) is 11.2. The zero-order valence-electron chi connectivity index (χ0n) is 23.0. The second-order valence-corrected chi connectivity index (χ2v) is 12.0. The van der Waals surface area contributed by atoms with Gasteiger partial charge in [0.2, 0.25) is 0 Å². The van der Waals surface area contributed by atoms with Gasteiger partial charge in [0.1, 0.15) is 0 Å². The van der Waals surface area contributed by atoms with Crippen LogP contribution < -0.4 is 16.2 Å². The van der Waals surface area contributed by atoms with E-state index in [0.29, 0.717) is 57.8 Å². The number of aromatic nitrogens is 2. The summed E-state index contributed by atoms with van der Waals surface area (Å²) in [6, 6.07) is 11.9. The Kier molecular flexibility index (Phi) is 8.79. The SMILES string of the molecule is CC1CCCC(/N=C(/Nc2ccc3c(=O)n(CCc4ccc(Cl)cc4Cl)cnc3c2)N2CCN[C@H](C)C2)C1C. The molecule has 9 heteroatoms. The van der Waals surface area contributed by atoms with Crippen LogP contribution >= 0.6 is 23.2 Å². The number of halogens is 2. The van der Waals surface area contributed by atoms with E-state index in [0.717, 1.165) is 43.3 Å². The molecule has 2 heterocycles. The minimum atomic E-state index is -0.0634. The summed E-state index contributed by atoms with van der Waals surface area (Å²) in [6.07, 6.45) is 5.86. The minimum absolute atomic E-state index is 0.0634. The molecule has 5 rings (SSSR count). The van der Waals surface area contributed by atoms with E-state index in [1.54, 1.807) is 17.0 Å².